The molecule has 2 N–H and O–H groups in total. The molecule has 144 valence electrons. The molecule has 3 atom stereocenters. The van der Waals surface area contributed by atoms with E-state index in [-0.39, 0.29) is 29.2 Å². The molecule has 0 saturated heterocycles. The summed E-state index contributed by atoms with van der Waals surface area (Å²) in [6, 6.07) is 0. The summed E-state index contributed by atoms with van der Waals surface area (Å²) in [5, 5.41) is 6.17. The van der Waals surface area contributed by atoms with Gasteiger partial charge in [0.2, 0.25) is 11.8 Å². The summed E-state index contributed by atoms with van der Waals surface area (Å²) in [6.07, 6.45) is 4.46. The summed E-state index contributed by atoms with van der Waals surface area (Å²) in [5.41, 5.74) is -1.22. The lowest BCUT2D eigenvalue weighted by Crippen LogP contribution is -2.68. The molecule has 0 bridgehead atoms. The van der Waals surface area contributed by atoms with Gasteiger partial charge in [0, 0.05) is 24.9 Å². The molecule has 0 unspecified atom stereocenters. The van der Waals surface area contributed by atoms with Gasteiger partial charge in [-0.3, -0.25) is 9.59 Å². The van der Waals surface area contributed by atoms with Gasteiger partial charge in [-0.05, 0) is 59.0 Å². The first-order valence-corrected chi connectivity index (χ1v) is 9.54. The van der Waals surface area contributed by atoms with E-state index in [9.17, 15) is 9.59 Å². The Morgan fingerprint density at radius 3 is 2.28 bits per heavy atom. The van der Waals surface area contributed by atoms with Crippen LogP contribution in [0.2, 0.25) is 0 Å². The van der Waals surface area contributed by atoms with Crippen LogP contribution in [0.1, 0.15) is 60.8 Å². The van der Waals surface area contributed by atoms with E-state index < -0.39 is 5.54 Å². The number of rotatable bonds is 7. The van der Waals surface area contributed by atoms with Crippen molar-refractivity contribution >= 4 is 11.8 Å². The lowest BCUT2D eigenvalue weighted by molar-refractivity contribution is -0.139. The molecule has 0 heterocycles. The van der Waals surface area contributed by atoms with Crippen molar-refractivity contribution in [1.82, 2.24) is 15.5 Å². The fraction of sp³-hybridized carbons (Fsp3) is 0.800. The van der Waals surface area contributed by atoms with Crippen LogP contribution >= 0.6 is 0 Å². The third kappa shape index (κ3) is 5.84. The molecule has 1 saturated carbocycles. The van der Waals surface area contributed by atoms with Crippen LogP contribution in [0.15, 0.2) is 12.7 Å². The van der Waals surface area contributed by atoms with Crippen LogP contribution in [0.4, 0.5) is 0 Å². The molecule has 0 aromatic rings. The Morgan fingerprint density at radius 2 is 1.84 bits per heavy atom. The van der Waals surface area contributed by atoms with Crippen LogP contribution < -0.4 is 10.6 Å². The number of amides is 2. The molecule has 25 heavy (non-hydrogen) atoms. The van der Waals surface area contributed by atoms with Crippen LogP contribution in [0, 0.1) is 11.8 Å². The highest BCUT2D eigenvalue weighted by atomic mass is 16.2. The van der Waals surface area contributed by atoms with Crippen molar-refractivity contribution in [3.05, 3.63) is 12.7 Å². The highest BCUT2D eigenvalue weighted by molar-refractivity contribution is 5.92. The van der Waals surface area contributed by atoms with Gasteiger partial charge in [0.15, 0.2) is 0 Å². The molecule has 0 radical (unpaired) electrons. The summed E-state index contributed by atoms with van der Waals surface area (Å²) >= 11 is 0. The second-order valence-corrected chi connectivity index (χ2v) is 8.32. The van der Waals surface area contributed by atoms with Gasteiger partial charge in [-0.2, -0.15) is 0 Å². The summed E-state index contributed by atoms with van der Waals surface area (Å²) in [7, 11) is 0. The monoisotopic (exact) mass is 351 g/mol. The standard InChI is InChI=1S/C20H37N3O2/c1-8-16-11-12-17(14-23(9-2)10-3)20(13-16,21-15(4)24)18(25)22-19(5,6)7/h8,16-17H,1,9-14H2,2-7H3,(H,21,24)(H,22,25)/t16-,17+,20-/m1/s1. The van der Waals surface area contributed by atoms with Gasteiger partial charge in [0.05, 0.1) is 0 Å². The van der Waals surface area contributed by atoms with Crippen LogP contribution in [-0.4, -0.2) is 47.4 Å². The maximum absolute atomic E-state index is 13.3. The first kappa shape index (κ1) is 21.7. The molecule has 5 nitrogen and oxygen atoms in total. The fourth-order valence-corrected chi connectivity index (χ4v) is 3.84. The largest absolute Gasteiger partial charge is 0.349 e. The van der Waals surface area contributed by atoms with E-state index in [1.807, 2.05) is 26.8 Å². The second-order valence-electron chi connectivity index (χ2n) is 8.32. The van der Waals surface area contributed by atoms with Crippen LogP contribution in [0.3, 0.4) is 0 Å². The minimum Gasteiger partial charge on any atom is -0.349 e. The summed E-state index contributed by atoms with van der Waals surface area (Å²) in [5.74, 6) is 0.109. The van der Waals surface area contributed by atoms with Crippen LogP contribution in [0.25, 0.3) is 0 Å². The number of nitrogens with one attached hydrogen (secondary N) is 2. The predicted octanol–water partition coefficient (Wildman–Crippen LogP) is 2.72. The lowest BCUT2D eigenvalue weighted by atomic mass is 9.67. The number of hydrogen-bond donors (Lipinski definition) is 2. The van der Waals surface area contributed by atoms with Crippen molar-refractivity contribution in [2.75, 3.05) is 19.6 Å². The first-order chi connectivity index (χ1) is 11.6. The average Bonchev–Trinajstić information content (AvgIpc) is 2.51. The van der Waals surface area contributed by atoms with Gasteiger partial charge in [-0.15, -0.1) is 6.58 Å². The van der Waals surface area contributed by atoms with E-state index in [4.69, 9.17) is 0 Å². The minimum absolute atomic E-state index is 0.0705. The number of hydrogen-bond acceptors (Lipinski definition) is 3. The Labute approximate surface area is 153 Å². The smallest absolute Gasteiger partial charge is 0.246 e. The molecule has 1 aliphatic rings. The Balaban J connectivity index is 3.26. The average molecular weight is 352 g/mol. The molecular formula is C20H37N3O2. The molecule has 2 amide bonds. The fourth-order valence-electron chi connectivity index (χ4n) is 3.84. The maximum Gasteiger partial charge on any atom is 0.246 e. The van der Waals surface area contributed by atoms with Crippen LogP contribution in [-0.2, 0) is 9.59 Å². The topological polar surface area (TPSA) is 61.4 Å². The van der Waals surface area contributed by atoms with E-state index in [1.54, 1.807) is 0 Å². The Morgan fingerprint density at radius 1 is 1.24 bits per heavy atom. The molecule has 0 aromatic heterocycles. The Hall–Kier alpha value is -1.36. The molecule has 1 fully saturated rings. The lowest BCUT2D eigenvalue weighted by Gasteiger charge is -2.47. The summed E-state index contributed by atoms with van der Waals surface area (Å²) in [6.45, 7) is 18.3. The molecular weight excluding hydrogens is 314 g/mol. The van der Waals surface area contributed by atoms with E-state index in [1.165, 1.54) is 6.92 Å². The highest BCUT2D eigenvalue weighted by Gasteiger charge is 2.50. The van der Waals surface area contributed by atoms with E-state index in [0.29, 0.717) is 6.42 Å². The summed E-state index contributed by atoms with van der Waals surface area (Å²) < 4.78 is 0. The highest BCUT2D eigenvalue weighted by Crippen LogP contribution is 2.39. The third-order valence-electron chi connectivity index (χ3n) is 5.17. The Bertz CT molecular complexity index is 480. The first-order valence-electron chi connectivity index (χ1n) is 9.54. The van der Waals surface area contributed by atoms with Crippen LogP contribution in [0.5, 0.6) is 0 Å². The Kier molecular flexibility index (Phi) is 7.66. The third-order valence-corrected chi connectivity index (χ3v) is 5.17. The molecule has 0 aromatic carbocycles. The summed E-state index contributed by atoms with van der Waals surface area (Å²) in [4.78, 5) is 27.7. The van der Waals surface area contributed by atoms with Gasteiger partial charge in [0.1, 0.15) is 5.54 Å². The van der Waals surface area contributed by atoms with Gasteiger partial charge in [0.25, 0.3) is 0 Å². The second kappa shape index (κ2) is 8.84. The number of nitrogens with zero attached hydrogens (tertiary/aromatic N) is 1. The zero-order chi connectivity index (χ0) is 19.3. The number of carbonyl (C=O) groups excluding carboxylic acids is 2. The van der Waals surface area contributed by atoms with Gasteiger partial charge in [-0.1, -0.05) is 19.9 Å². The van der Waals surface area contributed by atoms with Crippen molar-refractivity contribution in [2.45, 2.75) is 71.9 Å². The van der Waals surface area contributed by atoms with Gasteiger partial charge < -0.3 is 15.5 Å². The van der Waals surface area contributed by atoms with Crippen molar-refractivity contribution in [1.29, 1.82) is 0 Å². The van der Waals surface area contributed by atoms with Crippen molar-refractivity contribution < 1.29 is 9.59 Å². The van der Waals surface area contributed by atoms with Gasteiger partial charge >= 0.3 is 0 Å². The van der Waals surface area contributed by atoms with Gasteiger partial charge in [-0.25, -0.2) is 0 Å². The minimum atomic E-state index is -0.876. The van der Waals surface area contributed by atoms with E-state index in [2.05, 4.69) is 36.0 Å². The zero-order valence-corrected chi connectivity index (χ0v) is 16.9. The predicted molar refractivity (Wildman–Crippen MR) is 103 cm³/mol. The molecule has 0 spiro atoms. The zero-order valence-electron chi connectivity index (χ0n) is 16.9. The number of allylic oxidation sites excluding steroid dienone is 1. The number of carbonyl (C=O) groups is 2. The SMILES string of the molecule is C=C[C@@H]1CC[C@@H](CN(CC)CC)[C@@](NC(C)=O)(C(=O)NC(C)(C)C)C1. The van der Waals surface area contributed by atoms with Crippen molar-refractivity contribution in [3.8, 4) is 0 Å². The van der Waals surface area contributed by atoms with Crippen molar-refractivity contribution in [2.24, 2.45) is 11.8 Å². The quantitative estimate of drug-likeness (QED) is 0.693. The van der Waals surface area contributed by atoms with E-state index in [0.717, 1.165) is 32.5 Å². The van der Waals surface area contributed by atoms with Crippen molar-refractivity contribution in [3.63, 3.8) is 0 Å². The normalized spacial score (nSPS) is 27.0. The van der Waals surface area contributed by atoms with E-state index >= 15 is 0 Å². The molecule has 1 aliphatic carbocycles. The molecule has 5 heteroatoms. The molecule has 1 rings (SSSR count). The maximum atomic E-state index is 13.3. The molecule has 0 aliphatic heterocycles.